The highest BCUT2D eigenvalue weighted by atomic mass is 15.1. The Morgan fingerprint density at radius 3 is 0.966 bits per heavy atom. The Bertz CT molecular complexity index is 6980. The lowest BCUT2D eigenvalue weighted by Gasteiger charge is -2.26. The molecule has 12 nitrogen and oxygen atoms in total. The van der Waals surface area contributed by atoms with Gasteiger partial charge in [0.25, 0.3) is 0 Å². The zero-order chi connectivity index (χ0) is 77.6. The van der Waals surface area contributed by atoms with E-state index in [1.807, 2.05) is 48.5 Å². The minimum atomic E-state index is -0.242. The van der Waals surface area contributed by atoms with Crippen molar-refractivity contribution in [3.63, 3.8) is 0 Å². The van der Waals surface area contributed by atoms with Crippen molar-refractivity contribution in [2.24, 2.45) is 0 Å². The van der Waals surface area contributed by atoms with Gasteiger partial charge in [-0.3, -0.25) is 19.9 Å². The summed E-state index contributed by atoms with van der Waals surface area (Å²) in [7, 11) is 0. The molecule has 0 N–H and O–H groups in total. The molecule has 8 heterocycles. The highest BCUT2D eigenvalue weighted by Gasteiger charge is 2.40. The first-order valence-electron chi connectivity index (χ1n) is 39.1. The Kier molecular flexibility index (Phi) is 16.6. The van der Waals surface area contributed by atoms with Crippen LogP contribution in [0.25, 0.3) is 190 Å². The highest BCUT2D eigenvalue weighted by Crippen LogP contribution is 2.56. The molecular weight excluding hydrogens is 1420 g/mol. The molecule has 0 saturated heterocycles. The molecule has 2 aliphatic carbocycles. The number of benzene rings is 12. The zero-order valence-electron chi connectivity index (χ0n) is 64.0. The minimum absolute atomic E-state index is 0.160. The lowest BCUT2D eigenvalue weighted by Crippen LogP contribution is -2.16. The van der Waals surface area contributed by atoms with Gasteiger partial charge in [-0.1, -0.05) is 246 Å². The molecule has 12 aromatic carbocycles. The van der Waals surface area contributed by atoms with E-state index in [0.29, 0.717) is 34.9 Å². The molecule has 0 spiro atoms. The molecule has 12 heteroatoms. The molecule has 0 atom stereocenters. The molecule has 0 saturated carbocycles. The summed E-state index contributed by atoms with van der Waals surface area (Å²) in [5.41, 5.74) is 30.7. The van der Waals surface area contributed by atoms with E-state index >= 15 is 0 Å². The van der Waals surface area contributed by atoms with Crippen molar-refractivity contribution in [2.45, 2.75) is 38.5 Å². The van der Waals surface area contributed by atoms with E-state index < -0.39 is 0 Å². The molecule has 0 radical (unpaired) electrons. The molecule has 116 heavy (non-hydrogen) atoms. The van der Waals surface area contributed by atoms with Crippen molar-refractivity contribution in [3.8, 4) is 146 Å². The van der Waals surface area contributed by atoms with Gasteiger partial charge in [-0.15, -0.1) is 0 Å². The normalized spacial score (nSPS) is 12.8. The molecule has 0 amide bonds. The van der Waals surface area contributed by atoms with Gasteiger partial charge in [-0.25, -0.2) is 29.9 Å². The molecule has 0 unspecified atom stereocenters. The van der Waals surface area contributed by atoms with Gasteiger partial charge < -0.3 is 9.13 Å². The van der Waals surface area contributed by atoms with Gasteiger partial charge in [-0.05, 0) is 164 Å². The SMILES string of the molecule is CC1(C)c2ccccc2-c2cc3c4ccccc4n(-c4c(-c5ccccc5)cc(-c5nc(-c6cccnc6)nc(-c6cccnc6)n5)cc4-c4ccccc4)c3cc21.CC1(C)c2ccccc2-c2ccc3c4ccccc4n(-c4c(-c5ccccc5)cc(-c5nc(-c6cccnc6)nc(-c6cccnc6)n5)cc4-c4ccccc4)c3c21. The number of para-hydroxylation sites is 2. The Hall–Kier alpha value is -15.1. The van der Waals surface area contributed by atoms with Crippen LogP contribution in [-0.4, -0.2) is 59.0 Å². The van der Waals surface area contributed by atoms with Crippen LogP contribution in [0.15, 0.2) is 365 Å². The lowest BCUT2D eigenvalue weighted by molar-refractivity contribution is 0.661. The topological polar surface area (TPSA) is 139 Å². The highest BCUT2D eigenvalue weighted by molar-refractivity contribution is 6.16. The molecule has 2 aliphatic rings. The van der Waals surface area contributed by atoms with Crippen LogP contribution in [0.3, 0.4) is 0 Å². The van der Waals surface area contributed by atoms with Crippen molar-refractivity contribution in [1.29, 1.82) is 0 Å². The van der Waals surface area contributed by atoms with Crippen molar-refractivity contribution in [2.75, 3.05) is 0 Å². The molecule has 0 aliphatic heterocycles. The Morgan fingerprint density at radius 2 is 0.552 bits per heavy atom. The number of fused-ring (bicyclic) bond motifs is 13. The van der Waals surface area contributed by atoms with E-state index in [2.05, 4.69) is 324 Å². The summed E-state index contributed by atoms with van der Waals surface area (Å²) in [4.78, 5) is 48.1. The molecular formula is C104H72N12. The van der Waals surface area contributed by atoms with Gasteiger partial charge in [0, 0.05) is 138 Å². The van der Waals surface area contributed by atoms with Crippen LogP contribution in [0.4, 0.5) is 0 Å². The van der Waals surface area contributed by atoms with Gasteiger partial charge in [0.2, 0.25) is 0 Å². The molecule has 20 aromatic rings. The van der Waals surface area contributed by atoms with Gasteiger partial charge in [-0.2, -0.15) is 0 Å². The van der Waals surface area contributed by atoms with Crippen LogP contribution in [0, 0.1) is 0 Å². The number of hydrogen-bond donors (Lipinski definition) is 0. The second-order valence-electron chi connectivity index (χ2n) is 30.7. The van der Waals surface area contributed by atoms with E-state index in [0.717, 1.165) is 100 Å². The van der Waals surface area contributed by atoms with E-state index in [-0.39, 0.29) is 10.8 Å². The summed E-state index contributed by atoms with van der Waals surface area (Å²) in [6.45, 7) is 9.45. The van der Waals surface area contributed by atoms with E-state index in [4.69, 9.17) is 29.9 Å². The van der Waals surface area contributed by atoms with Gasteiger partial charge in [0.05, 0.1) is 33.4 Å². The van der Waals surface area contributed by atoms with Gasteiger partial charge in [0.15, 0.2) is 34.9 Å². The van der Waals surface area contributed by atoms with Crippen LogP contribution >= 0.6 is 0 Å². The van der Waals surface area contributed by atoms with E-state index in [9.17, 15) is 0 Å². The monoisotopic (exact) mass is 1490 g/mol. The molecule has 8 aromatic heterocycles. The molecule has 22 rings (SSSR count). The minimum Gasteiger partial charge on any atom is -0.308 e. The Balaban J connectivity index is 0.000000145. The predicted molar refractivity (Wildman–Crippen MR) is 469 cm³/mol. The van der Waals surface area contributed by atoms with Crippen LogP contribution < -0.4 is 0 Å². The third-order valence-electron chi connectivity index (χ3n) is 23.2. The first-order valence-corrected chi connectivity index (χ1v) is 39.1. The average Bonchev–Trinajstić information content (AvgIpc) is 1.51. The molecule has 0 fully saturated rings. The summed E-state index contributed by atoms with van der Waals surface area (Å²) >= 11 is 0. The van der Waals surface area contributed by atoms with Crippen LogP contribution in [0.1, 0.15) is 49.9 Å². The number of rotatable bonds is 12. The quantitative estimate of drug-likeness (QED) is 0.116. The fourth-order valence-electron chi connectivity index (χ4n) is 17.8. The van der Waals surface area contributed by atoms with Gasteiger partial charge >= 0.3 is 0 Å². The largest absolute Gasteiger partial charge is 0.308 e. The third-order valence-corrected chi connectivity index (χ3v) is 23.2. The Labute approximate surface area is 670 Å². The summed E-state index contributed by atoms with van der Waals surface area (Å²) in [5, 5.41) is 4.89. The maximum atomic E-state index is 5.16. The maximum absolute atomic E-state index is 5.16. The van der Waals surface area contributed by atoms with E-state index in [1.54, 1.807) is 49.6 Å². The second kappa shape index (κ2) is 28.0. The number of hydrogen-bond acceptors (Lipinski definition) is 10. The van der Waals surface area contributed by atoms with Crippen LogP contribution in [0.2, 0.25) is 0 Å². The molecule has 548 valence electrons. The predicted octanol–water partition coefficient (Wildman–Crippen LogP) is 24.8. The summed E-state index contributed by atoms with van der Waals surface area (Å²) in [6, 6.07) is 112. The Morgan fingerprint density at radius 1 is 0.216 bits per heavy atom. The number of nitrogens with zero attached hydrogens (tertiary/aromatic N) is 12. The van der Waals surface area contributed by atoms with Crippen LogP contribution in [-0.2, 0) is 10.8 Å². The summed E-state index contributed by atoms with van der Waals surface area (Å²) < 4.78 is 5.04. The fourth-order valence-corrected chi connectivity index (χ4v) is 17.8. The summed E-state index contributed by atoms with van der Waals surface area (Å²) in [5.74, 6) is 3.31. The number of aromatic nitrogens is 12. The van der Waals surface area contributed by atoms with Crippen LogP contribution in [0.5, 0.6) is 0 Å². The smallest absolute Gasteiger partial charge is 0.165 e. The fraction of sp³-hybridized carbons (Fsp3) is 0.0577. The average molecular weight is 1490 g/mol. The van der Waals surface area contributed by atoms with Crippen molar-refractivity contribution in [3.05, 3.63) is 387 Å². The van der Waals surface area contributed by atoms with Crippen molar-refractivity contribution < 1.29 is 0 Å². The standard InChI is InChI=1S/2C52H36N6/c1-52(2)44-23-11-9-21-38(44)40-25-26-41-39-22-10-12-24-45(39)58(48(41)46(40)52)47-42(33-15-5-3-6-16-33)29-37(30-43(47)34-17-7-4-8-18-34)51-56-49(35-19-13-27-53-31-35)55-50(57-51)36-20-14-28-54-32-36;1-52(2)44-23-11-9-21-38(44)42-29-43-39-22-10-12-24-46(39)58(47(43)30-45(42)52)48-40(33-15-5-3-6-16-33)27-37(28-41(48)34-17-7-4-8-18-34)51-56-49(35-19-13-25-53-31-35)55-50(57-51)36-20-14-26-54-32-36/h2*3-32H,1-2H3. The summed E-state index contributed by atoms with van der Waals surface area (Å²) in [6.07, 6.45) is 14.2. The van der Waals surface area contributed by atoms with E-state index in [1.165, 1.54) is 77.1 Å². The zero-order valence-corrected chi connectivity index (χ0v) is 64.0. The van der Waals surface area contributed by atoms with Crippen molar-refractivity contribution in [1.82, 2.24) is 59.0 Å². The first kappa shape index (κ1) is 68.9. The number of pyridine rings is 4. The maximum Gasteiger partial charge on any atom is 0.165 e. The lowest BCUT2D eigenvalue weighted by atomic mass is 9.81. The second-order valence-corrected chi connectivity index (χ2v) is 30.7. The molecule has 0 bridgehead atoms. The van der Waals surface area contributed by atoms with Gasteiger partial charge in [0.1, 0.15) is 0 Å². The first-order chi connectivity index (χ1) is 57.1. The van der Waals surface area contributed by atoms with Crippen molar-refractivity contribution >= 4 is 43.6 Å². The third kappa shape index (κ3) is 11.6.